The number of nitrogens with zero attached hydrogens (tertiary/aromatic N) is 6. The quantitative estimate of drug-likeness (QED) is 0.550. The minimum absolute atomic E-state index is 0.133. The molecule has 4 aromatic rings. The second kappa shape index (κ2) is 7.43. The first-order valence-electron chi connectivity index (χ1n) is 9.68. The smallest absolute Gasteiger partial charge is 0.322 e. The molecule has 0 spiro atoms. The lowest BCUT2D eigenvalue weighted by Gasteiger charge is -2.26. The van der Waals surface area contributed by atoms with Gasteiger partial charge in [0.25, 0.3) is 0 Å². The van der Waals surface area contributed by atoms with Crippen molar-refractivity contribution in [2.75, 3.05) is 18.4 Å². The number of benzene rings is 1. The van der Waals surface area contributed by atoms with E-state index < -0.39 is 0 Å². The normalized spacial score (nSPS) is 14.0. The Labute approximate surface area is 172 Å². The first kappa shape index (κ1) is 18.0. The minimum atomic E-state index is -0.133. The van der Waals surface area contributed by atoms with Gasteiger partial charge in [-0.05, 0) is 42.7 Å². The Morgan fingerprint density at radius 3 is 2.97 bits per heavy atom. The van der Waals surface area contributed by atoms with E-state index >= 15 is 0 Å². The van der Waals surface area contributed by atoms with Gasteiger partial charge in [0.2, 0.25) is 0 Å². The van der Waals surface area contributed by atoms with Crippen LogP contribution in [0.15, 0.2) is 55.5 Å². The molecule has 0 radical (unpaired) electrons. The fourth-order valence-corrected chi connectivity index (χ4v) is 3.70. The maximum absolute atomic E-state index is 12.8. The zero-order chi connectivity index (χ0) is 20.5. The first-order valence-corrected chi connectivity index (χ1v) is 9.68. The van der Waals surface area contributed by atoms with Crippen molar-refractivity contribution in [3.63, 3.8) is 0 Å². The van der Waals surface area contributed by atoms with E-state index in [0.717, 1.165) is 40.0 Å². The van der Waals surface area contributed by atoms with Gasteiger partial charge < -0.3 is 15.2 Å². The molecule has 1 aliphatic heterocycles. The van der Waals surface area contributed by atoms with Gasteiger partial charge in [-0.15, -0.1) is 0 Å². The van der Waals surface area contributed by atoms with Crippen LogP contribution >= 0.6 is 0 Å². The molecule has 5 rings (SSSR count). The summed E-state index contributed by atoms with van der Waals surface area (Å²) in [5.41, 5.74) is 5.59. The predicted octanol–water partition coefficient (Wildman–Crippen LogP) is 3.17. The van der Waals surface area contributed by atoms with Crippen LogP contribution in [0.5, 0.6) is 0 Å². The summed E-state index contributed by atoms with van der Waals surface area (Å²) in [5, 5.41) is 8.14. The van der Waals surface area contributed by atoms with Gasteiger partial charge >= 0.3 is 6.03 Å². The highest BCUT2D eigenvalue weighted by Crippen LogP contribution is 2.28. The molecule has 30 heavy (non-hydrogen) atoms. The number of aromatic amines is 1. The van der Waals surface area contributed by atoms with Gasteiger partial charge in [-0.3, -0.25) is 0 Å². The van der Waals surface area contributed by atoms with Crippen LogP contribution in [-0.2, 0) is 0 Å². The maximum Gasteiger partial charge on any atom is 0.322 e. The van der Waals surface area contributed by atoms with Crippen molar-refractivity contribution in [2.24, 2.45) is 0 Å². The van der Waals surface area contributed by atoms with Crippen molar-refractivity contribution in [3.8, 4) is 5.69 Å². The Morgan fingerprint density at radius 1 is 1.23 bits per heavy atom. The predicted molar refractivity (Wildman–Crippen MR) is 113 cm³/mol. The summed E-state index contributed by atoms with van der Waals surface area (Å²) in [6.45, 7) is 3.19. The molecule has 4 heterocycles. The van der Waals surface area contributed by atoms with Crippen molar-refractivity contribution in [1.29, 1.82) is 0 Å². The van der Waals surface area contributed by atoms with Gasteiger partial charge in [0.1, 0.15) is 24.6 Å². The van der Waals surface area contributed by atoms with E-state index in [4.69, 9.17) is 0 Å². The molecule has 0 saturated heterocycles. The molecule has 9 nitrogen and oxygen atoms in total. The number of rotatable bonds is 3. The van der Waals surface area contributed by atoms with Crippen LogP contribution < -0.4 is 5.32 Å². The molecule has 0 saturated carbocycles. The van der Waals surface area contributed by atoms with Crippen LogP contribution in [0.3, 0.4) is 0 Å². The van der Waals surface area contributed by atoms with Crippen LogP contribution in [0.25, 0.3) is 22.3 Å². The monoisotopic (exact) mass is 400 g/mol. The molecule has 150 valence electrons. The molecule has 0 bridgehead atoms. The second-order valence-corrected chi connectivity index (χ2v) is 7.16. The Balaban J connectivity index is 1.31. The van der Waals surface area contributed by atoms with Crippen LogP contribution in [0.4, 0.5) is 10.5 Å². The molecule has 9 heteroatoms. The van der Waals surface area contributed by atoms with Crippen LogP contribution in [-0.4, -0.2) is 53.7 Å². The molecule has 3 aromatic heterocycles. The molecule has 1 aromatic carbocycles. The summed E-state index contributed by atoms with van der Waals surface area (Å²) < 4.78 is 1.65. The van der Waals surface area contributed by atoms with Crippen molar-refractivity contribution in [1.82, 2.24) is 34.6 Å². The molecule has 1 aliphatic rings. The molecule has 0 aliphatic carbocycles. The maximum atomic E-state index is 12.8. The number of amides is 2. The first-order chi connectivity index (χ1) is 14.7. The van der Waals surface area contributed by atoms with E-state index in [9.17, 15) is 4.79 Å². The highest BCUT2D eigenvalue weighted by atomic mass is 16.2. The van der Waals surface area contributed by atoms with Crippen LogP contribution in [0, 0.1) is 6.92 Å². The van der Waals surface area contributed by atoms with E-state index in [1.54, 1.807) is 22.2 Å². The molecular formula is C21H20N8O. The van der Waals surface area contributed by atoms with Crippen LogP contribution in [0.1, 0.15) is 17.7 Å². The van der Waals surface area contributed by atoms with Crippen molar-refractivity contribution in [2.45, 2.75) is 13.3 Å². The number of hydrogen-bond donors (Lipinski definition) is 2. The highest BCUT2D eigenvalue weighted by Gasteiger charge is 2.21. The average Bonchev–Trinajstić information content (AvgIpc) is 3.45. The van der Waals surface area contributed by atoms with E-state index in [1.807, 2.05) is 37.4 Å². The fraction of sp³-hybridized carbons (Fsp3) is 0.190. The Hall–Kier alpha value is -4.01. The third-order valence-corrected chi connectivity index (χ3v) is 5.25. The van der Waals surface area contributed by atoms with Crippen LogP contribution in [0.2, 0.25) is 0 Å². The molecular weight excluding hydrogens is 380 g/mol. The van der Waals surface area contributed by atoms with E-state index in [1.165, 1.54) is 6.33 Å². The topological polar surface area (TPSA) is 105 Å². The average molecular weight is 400 g/mol. The summed E-state index contributed by atoms with van der Waals surface area (Å²) in [7, 11) is 0. The van der Waals surface area contributed by atoms with Crippen molar-refractivity contribution >= 4 is 28.3 Å². The lowest BCUT2D eigenvalue weighted by atomic mass is 10.0. The Bertz CT molecular complexity index is 1240. The number of anilines is 1. The summed E-state index contributed by atoms with van der Waals surface area (Å²) >= 11 is 0. The van der Waals surface area contributed by atoms with E-state index in [-0.39, 0.29) is 6.03 Å². The second-order valence-electron chi connectivity index (χ2n) is 7.16. The van der Waals surface area contributed by atoms with E-state index in [0.29, 0.717) is 18.8 Å². The van der Waals surface area contributed by atoms with Gasteiger partial charge in [0.15, 0.2) is 0 Å². The number of hydrogen-bond acceptors (Lipinski definition) is 5. The number of carbonyl (C=O) groups excluding carboxylic acids is 1. The summed E-state index contributed by atoms with van der Waals surface area (Å²) in [4.78, 5) is 30.5. The van der Waals surface area contributed by atoms with Gasteiger partial charge in [0, 0.05) is 30.4 Å². The largest absolute Gasteiger partial charge is 0.346 e. The zero-order valence-corrected chi connectivity index (χ0v) is 16.4. The number of fused-ring (bicyclic) bond motifs is 1. The number of urea groups is 1. The standard InChI is InChI=1S/C21H20N8O/c1-14-10-23-20-18(14)19(24-12-25-20)15-5-7-28(8-6-15)21(30)27-16-3-2-4-17(9-16)29-13-22-11-26-29/h2-5,9-13H,6-8H2,1H3,(H,27,30)(H,23,24,25). The van der Waals surface area contributed by atoms with Gasteiger partial charge in [-0.2, -0.15) is 5.10 Å². The minimum Gasteiger partial charge on any atom is -0.346 e. The summed E-state index contributed by atoms with van der Waals surface area (Å²) in [6, 6.07) is 7.37. The highest BCUT2D eigenvalue weighted by molar-refractivity contribution is 5.93. The summed E-state index contributed by atoms with van der Waals surface area (Å²) in [6.07, 6.45) is 9.43. The van der Waals surface area contributed by atoms with Crippen molar-refractivity contribution in [3.05, 3.63) is 66.8 Å². The molecule has 0 unspecified atom stereocenters. The Kier molecular flexibility index (Phi) is 4.47. The Morgan fingerprint density at radius 2 is 2.17 bits per heavy atom. The van der Waals surface area contributed by atoms with E-state index in [2.05, 4.69) is 36.4 Å². The lowest BCUT2D eigenvalue weighted by Crippen LogP contribution is -2.38. The third-order valence-electron chi connectivity index (χ3n) is 5.25. The zero-order valence-electron chi connectivity index (χ0n) is 16.4. The van der Waals surface area contributed by atoms with Gasteiger partial charge in [0.05, 0.1) is 11.4 Å². The SMILES string of the molecule is Cc1c[nH]c2ncnc(C3=CCN(C(=O)Nc4cccc(-n5cncn5)c4)CC3)c12. The lowest BCUT2D eigenvalue weighted by molar-refractivity contribution is 0.217. The molecule has 2 amide bonds. The number of nitrogens with one attached hydrogen (secondary N) is 2. The third kappa shape index (κ3) is 3.30. The number of aryl methyl sites for hydroxylation is 1. The molecule has 0 atom stereocenters. The molecule has 0 fully saturated rings. The fourth-order valence-electron chi connectivity index (χ4n) is 3.70. The molecule has 2 N–H and O–H groups in total. The number of carbonyl (C=O) groups is 1. The van der Waals surface area contributed by atoms with Gasteiger partial charge in [-0.25, -0.2) is 24.4 Å². The summed E-state index contributed by atoms with van der Waals surface area (Å²) in [5.74, 6) is 0. The number of aromatic nitrogens is 6. The number of H-pyrrole nitrogens is 1. The van der Waals surface area contributed by atoms with Crippen molar-refractivity contribution < 1.29 is 4.79 Å². The van der Waals surface area contributed by atoms with Gasteiger partial charge in [-0.1, -0.05) is 12.1 Å².